The number of aryl methyl sites for hydroxylation is 1. The first-order chi connectivity index (χ1) is 13.0. The van der Waals surface area contributed by atoms with Gasteiger partial charge in [-0.3, -0.25) is 4.90 Å². The molecule has 27 heavy (non-hydrogen) atoms. The van der Waals surface area contributed by atoms with Gasteiger partial charge in [-0.05, 0) is 49.7 Å². The molecular weight excluding hydrogens is 382 g/mol. The Bertz CT molecular complexity index is 851. The Morgan fingerprint density at radius 2 is 1.74 bits per heavy atom. The molecule has 0 aromatic heterocycles. The summed E-state index contributed by atoms with van der Waals surface area (Å²) in [6.07, 6.45) is 0.782. The molecule has 2 aromatic rings. The number of nitrogens with zero attached hydrogens (tertiary/aromatic N) is 2. The van der Waals surface area contributed by atoms with E-state index in [2.05, 4.69) is 38.8 Å². The molecule has 1 fully saturated rings. The summed E-state index contributed by atoms with van der Waals surface area (Å²) < 4.78 is 27.4. The first kappa shape index (κ1) is 20.1. The Hall–Kier alpha value is -1.60. The average Bonchev–Trinajstić information content (AvgIpc) is 2.68. The zero-order chi connectivity index (χ0) is 19.3. The highest BCUT2D eigenvalue weighted by molar-refractivity contribution is 7.89. The van der Waals surface area contributed by atoms with E-state index in [1.807, 2.05) is 13.0 Å². The number of para-hydroxylation sites is 1. The van der Waals surface area contributed by atoms with Crippen molar-refractivity contribution in [2.75, 3.05) is 44.2 Å². The molecular formula is C20H26ClN3O2S. The molecule has 2 aromatic carbocycles. The molecule has 0 atom stereocenters. The van der Waals surface area contributed by atoms with Crippen LogP contribution in [0.5, 0.6) is 0 Å². The van der Waals surface area contributed by atoms with Gasteiger partial charge in [-0.2, -0.15) is 0 Å². The summed E-state index contributed by atoms with van der Waals surface area (Å²) in [5.74, 6) is 0. The topological polar surface area (TPSA) is 52.7 Å². The van der Waals surface area contributed by atoms with Gasteiger partial charge >= 0.3 is 0 Å². The Balaban J connectivity index is 1.41. The molecule has 7 heteroatoms. The highest BCUT2D eigenvalue weighted by Gasteiger charge is 2.18. The van der Waals surface area contributed by atoms with Crippen molar-refractivity contribution in [3.8, 4) is 0 Å². The Labute approximate surface area is 167 Å². The lowest BCUT2D eigenvalue weighted by atomic mass is 10.2. The third-order valence-corrected chi connectivity index (χ3v) is 6.76. The maximum atomic E-state index is 12.4. The summed E-state index contributed by atoms with van der Waals surface area (Å²) >= 11 is 6.04. The summed E-state index contributed by atoms with van der Waals surface area (Å²) in [5.41, 5.74) is 2.13. The minimum Gasteiger partial charge on any atom is -0.369 e. The lowest BCUT2D eigenvalue weighted by Gasteiger charge is -2.36. The average molecular weight is 408 g/mol. The second-order valence-corrected chi connectivity index (χ2v) is 9.00. The van der Waals surface area contributed by atoms with E-state index in [1.54, 1.807) is 12.1 Å². The third kappa shape index (κ3) is 5.45. The van der Waals surface area contributed by atoms with E-state index in [4.69, 9.17) is 11.6 Å². The van der Waals surface area contributed by atoms with Crippen molar-refractivity contribution in [1.29, 1.82) is 0 Å². The third-order valence-electron chi connectivity index (χ3n) is 4.89. The predicted molar refractivity (Wildman–Crippen MR) is 111 cm³/mol. The van der Waals surface area contributed by atoms with Crippen molar-refractivity contribution >= 4 is 27.3 Å². The number of benzene rings is 2. The van der Waals surface area contributed by atoms with E-state index >= 15 is 0 Å². The number of piperazine rings is 1. The van der Waals surface area contributed by atoms with Gasteiger partial charge in [-0.15, -0.1) is 0 Å². The maximum Gasteiger partial charge on any atom is 0.240 e. The minimum absolute atomic E-state index is 0.217. The number of anilines is 1. The van der Waals surface area contributed by atoms with Crippen LogP contribution in [0.15, 0.2) is 53.4 Å². The van der Waals surface area contributed by atoms with Gasteiger partial charge in [0.1, 0.15) is 0 Å². The zero-order valence-corrected chi connectivity index (χ0v) is 17.1. The highest BCUT2D eigenvalue weighted by Crippen LogP contribution is 2.20. The largest absolute Gasteiger partial charge is 0.369 e. The quantitative estimate of drug-likeness (QED) is 0.716. The molecule has 1 N–H and O–H groups in total. The molecule has 1 saturated heterocycles. The molecule has 0 spiro atoms. The predicted octanol–water partition coefficient (Wildman–Crippen LogP) is 3.14. The molecule has 5 nitrogen and oxygen atoms in total. The molecule has 1 aliphatic heterocycles. The molecule has 3 rings (SSSR count). The van der Waals surface area contributed by atoms with Crippen molar-refractivity contribution < 1.29 is 8.42 Å². The lowest BCUT2D eigenvalue weighted by Crippen LogP contribution is -2.47. The van der Waals surface area contributed by atoms with Crippen molar-refractivity contribution in [1.82, 2.24) is 9.62 Å². The van der Waals surface area contributed by atoms with E-state index in [0.29, 0.717) is 11.6 Å². The van der Waals surface area contributed by atoms with Gasteiger partial charge in [0, 0.05) is 43.4 Å². The minimum atomic E-state index is -3.51. The lowest BCUT2D eigenvalue weighted by molar-refractivity contribution is 0.255. The van der Waals surface area contributed by atoms with Crippen molar-refractivity contribution in [3.05, 3.63) is 59.1 Å². The second kappa shape index (κ2) is 9.06. The van der Waals surface area contributed by atoms with Gasteiger partial charge in [0.25, 0.3) is 0 Å². The second-order valence-electron chi connectivity index (χ2n) is 6.83. The Morgan fingerprint density at radius 3 is 2.41 bits per heavy atom. The maximum absolute atomic E-state index is 12.4. The van der Waals surface area contributed by atoms with Crippen LogP contribution in [0.25, 0.3) is 0 Å². The number of rotatable bonds is 7. The van der Waals surface area contributed by atoms with E-state index in [9.17, 15) is 8.42 Å². The molecule has 146 valence electrons. The molecule has 0 amide bonds. The summed E-state index contributed by atoms with van der Waals surface area (Å²) in [6.45, 7) is 7.15. The van der Waals surface area contributed by atoms with Crippen LogP contribution < -0.4 is 9.62 Å². The van der Waals surface area contributed by atoms with Gasteiger partial charge in [0.15, 0.2) is 0 Å². The van der Waals surface area contributed by atoms with Crippen LogP contribution in [0.2, 0.25) is 5.02 Å². The Kier molecular flexibility index (Phi) is 6.76. The fraction of sp³-hybridized carbons (Fsp3) is 0.400. The van der Waals surface area contributed by atoms with E-state index in [1.165, 1.54) is 11.8 Å². The van der Waals surface area contributed by atoms with Crippen LogP contribution in [0, 0.1) is 6.92 Å². The summed E-state index contributed by atoms with van der Waals surface area (Å²) in [7, 11) is -3.51. The number of hydrogen-bond donors (Lipinski definition) is 1. The molecule has 1 aliphatic rings. The first-order valence-electron chi connectivity index (χ1n) is 9.24. The fourth-order valence-electron chi connectivity index (χ4n) is 3.20. The van der Waals surface area contributed by atoms with Gasteiger partial charge in [-0.1, -0.05) is 35.9 Å². The van der Waals surface area contributed by atoms with Crippen LogP contribution >= 0.6 is 11.6 Å². The van der Waals surface area contributed by atoms with E-state index < -0.39 is 10.0 Å². The molecule has 0 aliphatic carbocycles. The fourth-order valence-corrected chi connectivity index (χ4v) is 4.55. The van der Waals surface area contributed by atoms with Gasteiger partial charge < -0.3 is 4.90 Å². The first-order valence-corrected chi connectivity index (χ1v) is 11.1. The van der Waals surface area contributed by atoms with Crippen LogP contribution in [-0.4, -0.2) is 52.6 Å². The zero-order valence-electron chi connectivity index (χ0n) is 15.6. The number of nitrogens with one attached hydrogen (secondary N) is 1. The molecule has 0 unspecified atom stereocenters. The SMILES string of the molecule is Cc1ccc(S(=O)(=O)NCCCN2CCN(c3ccccc3)CC2)cc1Cl. The van der Waals surface area contributed by atoms with Crippen LogP contribution in [-0.2, 0) is 10.0 Å². The standard InChI is InChI=1S/C20H26ClN3O2S/c1-17-8-9-19(16-20(17)21)27(25,26)22-10-5-11-23-12-14-24(15-13-23)18-6-3-2-4-7-18/h2-4,6-9,16,22H,5,10-15H2,1H3. The molecule has 1 heterocycles. The number of sulfonamides is 1. The van der Waals surface area contributed by atoms with Crippen molar-refractivity contribution in [2.24, 2.45) is 0 Å². The van der Waals surface area contributed by atoms with E-state index in [-0.39, 0.29) is 4.90 Å². The van der Waals surface area contributed by atoms with Gasteiger partial charge in [0.2, 0.25) is 10.0 Å². The summed E-state index contributed by atoms with van der Waals surface area (Å²) in [5, 5.41) is 0.467. The van der Waals surface area contributed by atoms with Crippen molar-refractivity contribution in [2.45, 2.75) is 18.2 Å². The monoisotopic (exact) mass is 407 g/mol. The normalized spacial score (nSPS) is 15.9. The van der Waals surface area contributed by atoms with Crippen molar-refractivity contribution in [3.63, 3.8) is 0 Å². The summed E-state index contributed by atoms with van der Waals surface area (Å²) in [6, 6.07) is 15.3. The smallest absolute Gasteiger partial charge is 0.240 e. The van der Waals surface area contributed by atoms with E-state index in [0.717, 1.165) is 44.7 Å². The summed E-state index contributed by atoms with van der Waals surface area (Å²) in [4.78, 5) is 4.99. The number of hydrogen-bond acceptors (Lipinski definition) is 4. The molecule has 0 radical (unpaired) electrons. The molecule has 0 bridgehead atoms. The molecule has 0 saturated carbocycles. The highest BCUT2D eigenvalue weighted by atomic mass is 35.5. The van der Waals surface area contributed by atoms with Gasteiger partial charge in [0.05, 0.1) is 4.90 Å². The van der Waals surface area contributed by atoms with Crippen LogP contribution in [0.1, 0.15) is 12.0 Å². The van der Waals surface area contributed by atoms with Crippen LogP contribution in [0.4, 0.5) is 5.69 Å². The Morgan fingerprint density at radius 1 is 1.04 bits per heavy atom. The van der Waals surface area contributed by atoms with Crippen LogP contribution in [0.3, 0.4) is 0 Å². The number of halogens is 1. The van der Waals surface area contributed by atoms with Gasteiger partial charge in [-0.25, -0.2) is 13.1 Å².